The van der Waals surface area contributed by atoms with E-state index in [4.69, 9.17) is 23.3 Å². The monoisotopic (exact) mass is 373 g/mol. The van der Waals surface area contributed by atoms with Crippen molar-refractivity contribution in [1.82, 2.24) is 5.32 Å². The highest BCUT2D eigenvalue weighted by Gasteiger charge is 2.35. The van der Waals surface area contributed by atoms with Gasteiger partial charge in [0.25, 0.3) is 5.91 Å². The molecule has 0 aliphatic carbocycles. The number of amides is 1. The van der Waals surface area contributed by atoms with Crippen LogP contribution in [0.25, 0.3) is 0 Å². The molecule has 1 atom stereocenters. The van der Waals surface area contributed by atoms with Crippen LogP contribution in [0.15, 0.2) is 18.2 Å². The zero-order chi connectivity index (χ0) is 18.8. The van der Waals surface area contributed by atoms with Crippen LogP contribution in [-0.2, 0) is 18.6 Å². The third-order valence-corrected chi connectivity index (χ3v) is 4.86. The first-order valence-corrected chi connectivity index (χ1v) is 8.93. The summed E-state index contributed by atoms with van der Waals surface area (Å²) in [6, 6.07) is 4.94. The van der Waals surface area contributed by atoms with Crippen molar-refractivity contribution in [1.29, 1.82) is 0 Å². The average molecular weight is 373 g/mol. The topological polar surface area (TPSA) is 92.3 Å². The summed E-state index contributed by atoms with van der Waals surface area (Å²) < 4.78 is 26.2. The van der Waals surface area contributed by atoms with E-state index in [0.29, 0.717) is 24.7 Å². The molecule has 8 nitrogen and oxygen atoms in total. The number of carbonyl (C=O) groups excluding carboxylic acids is 2. The van der Waals surface area contributed by atoms with Gasteiger partial charge in [-0.3, -0.25) is 4.79 Å². The van der Waals surface area contributed by atoms with Gasteiger partial charge >= 0.3 is 5.97 Å². The Morgan fingerprint density at radius 3 is 1.96 bits per heavy atom. The highest BCUT2D eigenvalue weighted by Crippen LogP contribution is 2.43. The van der Waals surface area contributed by atoms with Crippen molar-refractivity contribution < 1.29 is 32.8 Å². The van der Waals surface area contributed by atoms with E-state index >= 15 is 0 Å². The molecule has 0 bridgehead atoms. The first-order chi connectivity index (χ1) is 12.0. The Hall–Kier alpha value is -1.89. The number of methoxy groups -OCH3 is 3. The van der Waals surface area contributed by atoms with Crippen LogP contribution >= 0.6 is 8.38 Å². The molecule has 0 aromatic heterocycles. The number of nitrogens with one attached hydrogen (secondary N) is 1. The van der Waals surface area contributed by atoms with Gasteiger partial charge in [-0.2, -0.15) is 0 Å². The summed E-state index contributed by atoms with van der Waals surface area (Å²) >= 11 is 0. The van der Waals surface area contributed by atoms with Crippen molar-refractivity contribution in [3.8, 4) is 11.5 Å². The molecular weight excluding hydrogens is 349 g/mol. The first-order valence-electron chi connectivity index (χ1n) is 7.68. The smallest absolute Gasteiger partial charge is 0.337 e. The molecule has 0 saturated heterocycles. The van der Waals surface area contributed by atoms with E-state index in [1.165, 1.54) is 21.3 Å². The summed E-state index contributed by atoms with van der Waals surface area (Å²) in [4.78, 5) is 24.9. The number of rotatable bonds is 10. The van der Waals surface area contributed by atoms with Crippen LogP contribution in [0.3, 0.4) is 0 Å². The zero-order valence-electron chi connectivity index (χ0n) is 15.0. The van der Waals surface area contributed by atoms with Crippen LogP contribution in [-0.4, -0.2) is 52.2 Å². The largest absolute Gasteiger partial charge is 0.496 e. The van der Waals surface area contributed by atoms with Gasteiger partial charge in [-0.05, 0) is 26.0 Å². The Balaban J connectivity index is 3.16. The third kappa shape index (κ3) is 5.56. The number of hydrogen-bond acceptors (Lipinski definition) is 7. The summed E-state index contributed by atoms with van der Waals surface area (Å²) in [5.74, 6) is -1.66. The van der Waals surface area contributed by atoms with Gasteiger partial charge in [-0.25, -0.2) is 4.79 Å². The number of ether oxygens (including phenoxy) is 3. The van der Waals surface area contributed by atoms with Gasteiger partial charge in [-0.15, -0.1) is 0 Å². The van der Waals surface area contributed by atoms with Crippen molar-refractivity contribution in [2.24, 2.45) is 0 Å². The van der Waals surface area contributed by atoms with E-state index in [1.807, 2.05) is 0 Å². The minimum Gasteiger partial charge on any atom is -0.496 e. The molecule has 1 aromatic rings. The lowest BCUT2D eigenvalue weighted by atomic mass is 10.1. The second-order valence-corrected chi connectivity index (χ2v) is 6.16. The molecule has 1 unspecified atom stereocenters. The standard InChI is InChI=1S/C16H24NO7P/c1-6-23-25(24-7-2)15(16(19)22-5)17-14(18)13-11(20-3)9-8-10-12(13)21-4/h8-10,15H,6-7H2,1-5H3,(H,17,18). The van der Waals surface area contributed by atoms with E-state index in [9.17, 15) is 9.59 Å². The molecule has 1 N–H and O–H groups in total. The molecule has 0 fully saturated rings. The Morgan fingerprint density at radius 1 is 1.04 bits per heavy atom. The lowest BCUT2D eigenvalue weighted by Crippen LogP contribution is -2.41. The van der Waals surface area contributed by atoms with E-state index in [0.717, 1.165) is 0 Å². The summed E-state index contributed by atoms with van der Waals surface area (Å²) in [5.41, 5.74) is 0.171. The van der Waals surface area contributed by atoms with Crippen LogP contribution in [0.1, 0.15) is 24.2 Å². The van der Waals surface area contributed by atoms with E-state index < -0.39 is 26.0 Å². The molecule has 25 heavy (non-hydrogen) atoms. The van der Waals surface area contributed by atoms with Crippen molar-refractivity contribution in [2.75, 3.05) is 34.5 Å². The Bertz CT molecular complexity index is 553. The average Bonchev–Trinajstić information content (AvgIpc) is 2.64. The maximum atomic E-state index is 12.8. The van der Waals surface area contributed by atoms with Crippen LogP contribution in [0.5, 0.6) is 11.5 Å². The molecule has 0 saturated carbocycles. The number of hydrogen-bond donors (Lipinski definition) is 1. The van der Waals surface area contributed by atoms with E-state index in [1.54, 1.807) is 32.0 Å². The first kappa shape index (κ1) is 21.2. The lowest BCUT2D eigenvalue weighted by molar-refractivity contribution is -0.140. The maximum Gasteiger partial charge on any atom is 0.337 e. The molecule has 0 aliphatic heterocycles. The van der Waals surface area contributed by atoms with Gasteiger partial charge in [0.05, 0.1) is 34.5 Å². The second-order valence-electron chi connectivity index (χ2n) is 4.56. The molecule has 140 valence electrons. The quantitative estimate of drug-likeness (QED) is 0.497. The van der Waals surface area contributed by atoms with Crippen molar-refractivity contribution in [3.63, 3.8) is 0 Å². The zero-order valence-corrected chi connectivity index (χ0v) is 15.9. The van der Waals surface area contributed by atoms with Crippen LogP contribution in [0.2, 0.25) is 0 Å². The van der Waals surface area contributed by atoms with Gasteiger partial charge in [0.15, 0.2) is 5.78 Å². The minimum atomic E-state index is -1.71. The number of benzene rings is 1. The normalized spacial score (nSPS) is 11.8. The maximum absolute atomic E-state index is 12.8. The predicted molar refractivity (Wildman–Crippen MR) is 93.0 cm³/mol. The third-order valence-electron chi connectivity index (χ3n) is 3.07. The highest BCUT2D eigenvalue weighted by molar-refractivity contribution is 7.49. The molecule has 1 aromatic carbocycles. The summed E-state index contributed by atoms with van der Waals surface area (Å²) in [7, 11) is 2.41. The lowest BCUT2D eigenvalue weighted by Gasteiger charge is -2.25. The van der Waals surface area contributed by atoms with Gasteiger partial charge in [0, 0.05) is 0 Å². The molecule has 1 amide bonds. The molecule has 0 heterocycles. The summed E-state index contributed by atoms with van der Waals surface area (Å²) in [5, 5.41) is 2.61. The molecular formula is C16H24NO7P. The number of esters is 1. The van der Waals surface area contributed by atoms with Crippen molar-refractivity contribution >= 4 is 20.3 Å². The molecule has 0 radical (unpaired) electrons. The van der Waals surface area contributed by atoms with Crippen molar-refractivity contribution in [3.05, 3.63) is 23.8 Å². The minimum absolute atomic E-state index is 0.171. The van der Waals surface area contributed by atoms with Crippen LogP contribution in [0, 0.1) is 0 Å². The van der Waals surface area contributed by atoms with Gasteiger partial charge in [0.1, 0.15) is 17.1 Å². The fourth-order valence-electron chi connectivity index (χ4n) is 2.02. The van der Waals surface area contributed by atoms with Gasteiger partial charge in [0.2, 0.25) is 8.38 Å². The summed E-state index contributed by atoms with van der Waals surface area (Å²) in [6.45, 7) is 4.20. The Kier molecular flexibility index (Phi) is 9.20. The van der Waals surface area contributed by atoms with E-state index in [-0.39, 0.29) is 5.56 Å². The Morgan fingerprint density at radius 2 is 1.56 bits per heavy atom. The predicted octanol–water partition coefficient (Wildman–Crippen LogP) is 2.32. The molecule has 9 heteroatoms. The van der Waals surface area contributed by atoms with Crippen molar-refractivity contribution in [2.45, 2.75) is 19.6 Å². The van der Waals surface area contributed by atoms with E-state index in [2.05, 4.69) is 5.32 Å². The number of carbonyl (C=O) groups is 2. The van der Waals surface area contributed by atoms with Crippen LogP contribution in [0.4, 0.5) is 0 Å². The molecule has 0 spiro atoms. The second kappa shape index (κ2) is 10.9. The fourth-order valence-corrected chi connectivity index (χ4v) is 3.40. The SMILES string of the molecule is CCOP(OCC)C(NC(=O)c1c(OC)cccc1OC)C(=O)OC. The fraction of sp³-hybridized carbons (Fsp3) is 0.500. The molecule has 1 rings (SSSR count). The van der Waals surface area contributed by atoms with Crippen LogP contribution < -0.4 is 14.8 Å². The van der Waals surface area contributed by atoms with Gasteiger partial charge < -0.3 is 28.6 Å². The summed E-state index contributed by atoms with van der Waals surface area (Å²) in [6.07, 6.45) is 0. The molecule has 0 aliphatic rings. The highest BCUT2D eigenvalue weighted by atomic mass is 31.2. The van der Waals surface area contributed by atoms with Gasteiger partial charge in [-0.1, -0.05) is 6.07 Å². The Labute approximate surface area is 148 Å².